The average Bonchev–Trinajstić information content (AvgIpc) is 2.70. The molecule has 190 valence electrons. The van der Waals surface area contributed by atoms with Crippen molar-refractivity contribution in [2.45, 2.75) is 130 Å². The highest BCUT2D eigenvalue weighted by molar-refractivity contribution is 6.90. The second kappa shape index (κ2) is 13.1. The van der Waals surface area contributed by atoms with Crippen LogP contribution in [0.2, 0.25) is 16.6 Å². The molecule has 0 radical (unpaired) electrons. The maximum Gasteiger partial charge on any atom is 0.333 e. The van der Waals surface area contributed by atoms with Gasteiger partial charge in [0.25, 0.3) is 0 Å². The molecule has 0 bridgehead atoms. The molecule has 0 N–H and O–H groups in total. The fraction of sp³-hybridized carbons (Fsp3) is 0.821. The molecule has 5 heteroatoms. The van der Waals surface area contributed by atoms with E-state index in [1.165, 1.54) is 0 Å². The van der Waals surface area contributed by atoms with Crippen molar-refractivity contribution in [3.8, 4) is 11.5 Å². The van der Waals surface area contributed by atoms with Gasteiger partial charge in [-0.2, -0.15) is 8.78 Å². The van der Waals surface area contributed by atoms with Gasteiger partial charge in [-0.15, -0.1) is 5.54 Å². The molecule has 1 unspecified atom stereocenters. The quantitative estimate of drug-likeness (QED) is 0.167. The molecule has 1 aliphatic rings. The van der Waals surface area contributed by atoms with Crippen LogP contribution >= 0.6 is 0 Å². The predicted octanol–water partition coefficient (Wildman–Crippen LogP) is 8.72. The molecule has 2 nitrogen and oxygen atoms in total. The SMILES string of the molecule is CCOC(=O)C1=C(C(CCC(C)C)CC(F)(F)C#C[Si](C(C)C)(C(C)C)C(C)C)CCCC1. The lowest BCUT2D eigenvalue weighted by Gasteiger charge is -2.38. The standard InChI is InChI=1S/C28H48F2O2Si/c1-10-32-27(31)26-14-12-11-13-25(26)24(16-15-20(2)3)19-28(29,30)17-18-33(21(4)5,22(6)7)23(8)9/h20-24H,10-16,19H2,1-9H3. The van der Waals surface area contributed by atoms with Crippen LogP contribution in [0.4, 0.5) is 8.78 Å². The van der Waals surface area contributed by atoms with E-state index in [0.29, 0.717) is 54.0 Å². The van der Waals surface area contributed by atoms with E-state index in [4.69, 9.17) is 4.74 Å². The van der Waals surface area contributed by atoms with Gasteiger partial charge in [-0.25, -0.2) is 4.79 Å². The predicted molar refractivity (Wildman–Crippen MR) is 138 cm³/mol. The third-order valence-corrected chi connectivity index (χ3v) is 13.7. The molecule has 0 saturated heterocycles. The Labute approximate surface area is 203 Å². The first kappa shape index (κ1) is 29.9. The summed E-state index contributed by atoms with van der Waals surface area (Å²) in [5.41, 5.74) is 5.73. The molecule has 0 aromatic carbocycles. The molecular weight excluding hydrogens is 434 g/mol. The first-order valence-electron chi connectivity index (χ1n) is 13.1. The van der Waals surface area contributed by atoms with E-state index in [1.54, 1.807) is 6.92 Å². The number of hydrogen-bond acceptors (Lipinski definition) is 2. The van der Waals surface area contributed by atoms with Crippen LogP contribution in [0.3, 0.4) is 0 Å². The van der Waals surface area contributed by atoms with Crippen LogP contribution in [0.1, 0.15) is 107 Å². The molecule has 0 aromatic rings. The van der Waals surface area contributed by atoms with Crippen LogP contribution in [0.5, 0.6) is 0 Å². The van der Waals surface area contributed by atoms with E-state index in [1.807, 2.05) is 0 Å². The van der Waals surface area contributed by atoms with Crippen molar-refractivity contribution in [3.05, 3.63) is 11.1 Å². The summed E-state index contributed by atoms with van der Waals surface area (Å²) in [7, 11) is -2.23. The van der Waals surface area contributed by atoms with Gasteiger partial charge in [-0.3, -0.25) is 0 Å². The van der Waals surface area contributed by atoms with Crippen LogP contribution in [-0.4, -0.2) is 26.6 Å². The summed E-state index contributed by atoms with van der Waals surface area (Å²) in [5, 5.41) is 0. The highest BCUT2D eigenvalue weighted by Crippen LogP contribution is 2.42. The Balaban J connectivity index is 3.38. The van der Waals surface area contributed by atoms with Gasteiger partial charge in [-0.05, 0) is 73.4 Å². The van der Waals surface area contributed by atoms with Crippen LogP contribution in [0.15, 0.2) is 11.1 Å². The lowest BCUT2D eigenvalue weighted by molar-refractivity contribution is -0.138. The summed E-state index contributed by atoms with van der Waals surface area (Å²) >= 11 is 0. The maximum absolute atomic E-state index is 15.5. The summed E-state index contributed by atoms with van der Waals surface area (Å²) in [6.07, 6.45) is 4.42. The van der Waals surface area contributed by atoms with Gasteiger partial charge >= 0.3 is 11.9 Å². The molecule has 0 spiro atoms. The highest BCUT2D eigenvalue weighted by Gasteiger charge is 2.43. The van der Waals surface area contributed by atoms with E-state index in [2.05, 4.69) is 66.9 Å². The fourth-order valence-electron chi connectivity index (χ4n) is 5.76. The van der Waals surface area contributed by atoms with Crippen LogP contribution in [0.25, 0.3) is 0 Å². The van der Waals surface area contributed by atoms with E-state index in [9.17, 15) is 4.79 Å². The molecule has 0 fully saturated rings. The Morgan fingerprint density at radius 3 is 2.00 bits per heavy atom. The first-order valence-corrected chi connectivity index (χ1v) is 15.3. The zero-order valence-corrected chi connectivity index (χ0v) is 23.6. The minimum absolute atomic E-state index is 0.302. The third-order valence-electron chi connectivity index (χ3n) is 7.45. The summed E-state index contributed by atoms with van der Waals surface area (Å²) in [6, 6.07) is 0. The summed E-state index contributed by atoms with van der Waals surface area (Å²) in [4.78, 5) is 12.6. The fourth-order valence-corrected chi connectivity index (χ4v) is 11.0. The van der Waals surface area contributed by atoms with E-state index < -0.39 is 14.0 Å². The van der Waals surface area contributed by atoms with Gasteiger partial charge in [0, 0.05) is 12.0 Å². The van der Waals surface area contributed by atoms with E-state index in [0.717, 1.165) is 24.8 Å². The lowest BCUT2D eigenvalue weighted by Crippen LogP contribution is -2.43. The summed E-state index contributed by atoms with van der Waals surface area (Å²) < 4.78 is 36.2. The monoisotopic (exact) mass is 482 g/mol. The smallest absolute Gasteiger partial charge is 0.333 e. The van der Waals surface area contributed by atoms with Crippen molar-refractivity contribution in [1.29, 1.82) is 0 Å². The highest BCUT2D eigenvalue weighted by atomic mass is 28.3. The number of rotatable bonds is 11. The van der Waals surface area contributed by atoms with Crippen molar-refractivity contribution in [2.24, 2.45) is 11.8 Å². The van der Waals surface area contributed by atoms with Gasteiger partial charge in [0.05, 0.1) is 6.61 Å². The van der Waals surface area contributed by atoms with Crippen molar-refractivity contribution in [3.63, 3.8) is 0 Å². The van der Waals surface area contributed by atoms with Crippen molar-refractivity contribution < 1.29 is 18.3 Å². The molecule has 0 heterocycles. The van der Waals surface area contributed by atoms with Gasteiger partial charge in [-0.1, -0.05) is 67.4 Å². The molecule has 1 atom stereocenters. The molecule has 0 aliphatic heterocycles. The topological polar surface area (TPSA) is 26.3 Å². The van der Waals surface area contributed by atoms with Crippen LogP contribution < -0.4 is 0 Å². The molecule has 1 aliphatic carbocycles. The Morgan fingerprint density at radius 1 is 0.970 bits per heavy atom. The van der Waals surface area contributed by atoms with Crippen LogP contribution in [-0.2, 0) is 9.53 Å². The molecule has 0 aromatic heterocycles. The minimum atomic E-state index is -3.07. The number of allylic oxidation sites excluding steroid dienone is 1. The Morgan fingerprint density at radius 2 is 1.52 bits per heavy atom. The number of esters is 1. The van der Waals surface area contributed by atoms with Gasteiger partial charge in [0.1, 0.15) is 8.07 Å². The van der Waals surface area contributed by atoms with Gasteiger partial charge in [0.2, 0.25) is 0 Å². The number of carbonyl (C=O) groups excluding carboxylic acids is 1. The third kappa shape index (κ3) is 8.23. The van der Waals surface area contributed by atoms with Crippen molar-refractivity contribution >= 4 is 14.0 Å². The zero-order valence-electron chi connectivity index (χ0n) is 22.6. The summed E-state index contributed by atoms with van der Waals surface area (Å²) in [6.45, 7) is 19.2. The lowest BCUT2D eigenvalue weighted by atomic mass is 9.78. The van der Waals surface area contributed by atoms with Gasteiger partial charge < -0.3 is 4.74 Å². The van der Waals surface area contributed by atoms with Crippen molar-refractivity contribution in [2.75, 3.05) is 6.61 Å². The molecule has 1 rings (SSSR count). The first-order chi connectivity index (χ1) is 15.3. The van der Waals surface area contributed by atoms with Crippen molar-refractivity contribution in [1.82, 2.24) is 0 Å². The molecular formula is C28H48F2O2Si. The normalized spacial score (nSPS) is 16.5. The van der Waals surface area contributed by atoms with Gasteiger partial charge in [0.15, 0.2) is 0 Å². The zero-order chi connectivity index (χ0) is 25.4. The average molecular weight is 483 g/mol. The second-order valence-corrected chi connectivity index (χ2v) is 16.7. The number of halogens is 2. The Hall–Kier alpha value is -1.15. The summed E-state index contributed by atoms with van der Waals surface area (Å²) in [5.74, 6) is -0.782. The second-order valence-electron chi connectivity index (χ2n) is 11.2. The minimum Gasteiger partial charge on any atom is -0.463 e. The maximum atomic E-state index is 15.5. The number of ether oxygens (including phenoxy) is 1. The number of hydrogen-bond donors (Lipinski definition) is 0. The largest absolute Gasteiger partial charge is 0.463 e. The molecule has 0 saturated carbocycles. The molecule has 33 heavy (non-hydrogen) atoms. The van der Waals surface area contributed by atoms with E-state index >= 15 is 8.78 Å². The Bertz CT molecular complexity index is 704. The van der Waals surface area contributed by atoms with E-state index in [-0.39, 0.29) is 18.3 Å². The molecule has 0 amide bonds. The Kier molecular flexibility index (Phi) is 11.8. The number of alkyl halides is 2. The van der Waals surface area contributed by atoms with Crippen LogP contribution in [0, 0.1) is 23.3 Å². The number of carbonyl (C=O) groups is 1.